The summed E-state index contributed by atoms with van der Waals surface area (Å²) in [5, 5.41) is 2.12. The lowest BCUT2D eigenvalue weighted by molar-refractivity contribution is -0.131. The predicted octanol–water partition coefficient (Wildman–Crippen LogP) is 4.35. The summed E-state index contributed by atoms with van der Waals surface area (Å²) < 4.78 is 7.36. The third-order valence-electron chi connectivity index (χ3n) is 6.02. The molecule has 164 valence electrons. The van der Waals surface area contributed by atoms with Crippen LogP contribution in [0.4, 0.5) is 5.69 Å². The fourth-order valence-corrected chi connectivity index (χ4v) is 5.06. The number of thiazole rings is 1. The van der Waals surface area contributed by atoms with Crippen LogP contribution in [0.15, 0.2) is 66.2 Å². The summed E-state index contributed by atoms with van der Waals surface area (Å²) in [5.41, 5.74) is 4.40. The van der Waals surface area contributed by atoms with E-state index < -0.39 is 0 Å². The van der Waals surface area contributed by atoms with Gasteiger partial charge in [-0.2, -0.15) is 0 Å². The number of ether oxygens (including phenoxy) is 1. The number of rotatable bonds is 6. The van der Waals surface area contributed by atoms with Crippen molar-refractivity contribution in [2.24, 2.45) is 0 Å². The molecule has 0 spiro atoms. The molecule has 0 aliphatic carbocycles. The number of carbonyl (C=O) groups is 1. The van der Waals surface area contributed by atoms with E-state index in [4.69, 9.17) is 9.72 Å². The highest BCUT2D eigenvalue weighted by atomic mass is 32.1. The Morgan fingerprint density at radius 1 is 1.03 bits per heavy atom. The average molecular weight is 447 g/mol. The topological polar surface area (TPSA) is 50.1 Å². The van der Waals surface area contributed by atoms with Gasteiger partial charge in [0.1, 0.15) is 5.75 Å². The zero-order valence-electron chi connectivity index (χ0n) is 18.1. The Labute approximate surface area is 191 Å². The van der Waals surface area contributed by atoms with E-state index in [-0.39, 0.29) is 5.91 Å². The van der Waals surface area contributed by atoms with E-state index in [0.717, 1.165) is 60.3 Å². The molecule has 1 saturated heterocycles. The minimum atomic E-state index is 0.224. The molecule has 5 rings (SSSR count). The van der Waals surface area contributed by atoms with Crippen molar-refractivity contribution in [1.29, 1.82) is 0 Å². The number of anilines is 1. The molecule has 2 aromatic carbocycles. The molecule has 7 heteroatoms. The number of hydrogen-bond acceptors (Lipinski definition) is 5. The van der Waals surface area contributed by atoms with Gasteiger partial charge in [-0.15, -0.1) is 11.3 Å². The standard InChI is InChI=1S/C25H26N4O2S/c1-31-22-10-7-20(8-11-22)27-13-15-28(16-14-27)24(30)12-9-21-18-32-25-26-23(17-29(21)25)19-5-3-2-4-6-19/h2-8,10-11,17-18H,9,12-16H2,1H3. The van der Waals surface area contributed by atoms with Crippen molar-refractivity contribution in [3.05, 3.63) is 71.9 Å². The van der Waals surface area contributed by atoms with Crippen LogP contribution in [-0.4, -0.2) is 53.5 Å². The van der Waals surface area contributed by atoms with Crippen molar-refractivity contribution >= 4 is 27.9 Å². The van der Waals surface area contributed by atoms with Gasteiger partial charge in [-0.3, -0.25) is 9.20 Å². The van der Waals surface area contributed by atoms with Crippen LogP contribution in [0.2, 0.25) is 0 Å². The van der Waals surface area contributed by atoms with Gasteiger partial charge in [0.2, 0.25) is 5.91 Å². The van der Waals surface area contributed by atoms with E-state index in [2.05, 4.69) is 45.1 Å². The molecule has 2 aromatic heterocycles. The Hall–Kier alpha value is -3.32. The summed E-state index contributed by atoms with van der Waals surface area (Å²) in [6.07, 6.45) is 3.32. The zero-order chi connectivity index (χ0) is 21.9. The molecule has 0 atom stereocenters. The number of nitrogens with zero attached hydrogens (tertiary/aromatic N) is 4. The first-order valence-corrected chi connectivity index (χ1v) is 11.8. The van der Waals surface area contributed by atoms with Gasteiger partial charge < -0.3 is 14.5 Å². The largest absolute Gasteiger partial charge is 0.497 e. The number of aryl methyl sites for hydroxylation is 1. The van der Waals surface area contributed by atoms with Crippen LogP contribution in [0, 0.1) is 0 Å². The first-order valence-electron chi connectivity index (χ1n) is 10.9. The minimum absolute atomic E-state index is 0.224. The number of methoxy groups -OCH3 is 1. The Morgan fingerprint density at radius 3 is 2.50 bits per heavy atom. The maximum Gasteiger partial charge on any atom is 0.223 e. The number of amides is 1. The lowest BCUT2D eigenvalue weighted by Gasteiger charge is -2.36. The van der Waals surface area contributed by atoms with E-state index in [9.17, 15) is 4.79 Å². The van der Waals surface area contributed by atoms with Crippen LogP contribution in [0.5, 0.6) is 5.75 Å². The first-order chi connectivity index (χ1) is 15.7. The monoisotopic (exact) mass is 446 g/mol. The van der Waals surface area contributed by atoms with Gasteiger partial charge >= 0.3 is 0 Å². The fourth-order valence-electron chi connectivity index (χ4n) is 4.16. The van der Waals surface area contributed by atoms with E-state index in [1.54, 1.807) is 18.4 Å². The second-order valence-corrected chi connectivity index (χ2v) is 8.77. The number of piperazine rings is 1. The number of imidazole rings is 1. The molecule has 6 nitrogen and oxygen atoms in total. The molecule has 0 bridgehead atoms. The summed E-state index contributed by atoms with van der Waals surface area (Å²) in [6.45, 7) is 3.21. The predicted molar refractivity (Wildman–Crippen MR) is 129 cm³/mol. The molecule has 1 amide bonds. The molecule has 0 unspecified atom stereocenters. The minimum Gasteiger partial charge on any atom is -0.497 e. The number of fused-ring (bicyclic) bond motifs is 1. The third kappa shape index (κ3) is 4.21. The molecule has 32 heavy (non-hydrogen) atoms. The van der Waals surface area contributed by atoms with Gasteiger partial charge in [0.25, 0.3) is 0 Å². The van der Waals surface area contributed by atoms with Crippen LogP contribution in [0.25, 0.3) is 16.2 Å². The fraction of sp³-hybridized carbons (Fsp3) is 0.280. The molecule has 1 aliphatic heterocycles. The highest BCUT2D eigenvalue weighted by Crippen LogP contribution is 2.25. The average Bonchev–Trinajstić information content (AvgIpc) is 3.45. The van der Waals surface area contributed by atoms with Gasteiger partial charge in [0.05, 0.1) is 12.8 Å². The first kappa shape index (κ1) is 20.6. The molecular weight excluding hydrogens is 420 g/mol. The molecule has 1 aliphatic rings. The van der Waals surface area contributed by atoms with Crippen molar-refractivity contribution in [2.75, 3.05) is 38.2 Å². The van der Waals surface area contributed by atoms with Crippen molar-refractivity contribution in [2.45, 2.75) is 12.8 Å². The highest BCUT2D eigenvalue weighted by molar-refractivity contribution is 7.15. The lowest BCUT2D eigenvalue weighted by Crippen LogP contribution is -2.48. The van der Waals surface area contributed by atoms with E-state index >= 15 is 0 Å². The normalized spacial score (nSPS) is 14.2. The van der Waals surface area contributed by atoms with Gasteiger partial charge in [-0.25, -0.2) is 4.98 Å². The molecule has 0 radical (unpaired) electrons. The molecular formula is C25H26N4O2S. The SMILES string of the molecule is COc1ccc(N2CCN(C(=O)CCc3csc4nc(-c5ccccc5)cn34)CC2)cc1. The Kier molecular flexibility index (Phi) is 5.81. The summed E-state index contributed by atoms with van der Waals surface area (Å²) in [6, 6.07) is 18.3. The second kappa shape index (κ2) is 9.04. The van der Waals surface area contributed by atoms with Gasteiger partial charge in [0, 0.05) is 61.1 Å². The Balaban J connectivity index is 1.17. The van der Waals surface area contributed by atoms with Crippen LogP contribution < -0.4 is 9.64 Å². The van der Waals surface area contributed by atoms with Gasteiger partial charge in [0.15, 0.2) is 4.96 Å². The molecule has 3 heterocycles. The maximum atomic E-state index is 12.9. The smallest absolute Gasteiger partial charge is 0.223 e. The summed E-state index contributed by atoms with van der Waals surface area (Å²) >= 11 is 1.63. The molecule has 1 fully saturated rings. The second-order valence-electron chi connectivity index (χ2n) is 7.94. The van der Waals surface area contributed by atoms with Crippen LogP contribution in [-0.2, 0) is 11.2 Å². The van der Waals surface area contributed by atoms with Gasteiger partial charge in [-0.05, 0) is 30.7 Å². The highest BCUT2D eigenvalue weighted by Gasteiger charge is 2.21. The summed E-state index contributed by atoms with van der Waals surface area (Å²) in [7, 11) is 1.68. The molecule has 0 N–H and O–H groups in total. The van der Waals surface area contributed by atoms with Crippen LogP contribution in [0.1, 0.15) is 12.1 Å². The summed E-state index contributed by atoms with van der Waals surface area (Å²) in [4.78, 5) is 22.9. The lowest BCUT2D eigenvalue weighted by atomic mass is 10.2. The number of aromatic nitrogens is 2. The van der Waals surface area contributed by atoms with Crippen molar-refractivity contribution in [1.82, 2.24) is 14.3 Å². The number of hydrogen-bond donors (Lipinski definition) is 0. The van der Waals surface area contributed by atoms with Crippen molar-refractivity contribution in [3.63, 3.8) is 0 Å². The molecule has 0 saturated carbocycles. The zero-order valence-corrected chi connectivity index (χ0v) is 18.9. The van der Waals surface area contributed by atoms with Gasteiger partial charge in [-0.1, -0.05) is 30.3 Å². The molecule has 4 aromatic rings. The Bertz CT molecular complexity index is 1190. The van der Waals surface area contributed by atoms with E-state index in [1.807, 2.05) is 35.2 Å². The maximum absolute atomic E-state index is 12.9. The van der Waals surface area contributed by atoms with Crippen molar-refractivity contribution < 1.29 is 9.53 Å². The van der Waals surface area contributed by atoms with E-state index in [1.165, 1.54) is 5.69 Å². The van der Waals surface area contributed by atoms with Crippen LogP contribution >= 0.6 is 11.3 Å². The Morgan fingerprint density at radius 2 is 1.78 bits per heavy atom. The van der Waals surface area contributed by atoms with Crippen molar-refractivity contribution in [3.8, 4) is 17.0 Å². The third-order valence-corrected chi connectivity index (χ3v) is 6.91. The quantitative estimate of drug-likeness (QED) is 0.442. The number of benzene rings is 2. The number of carbonyl (C=O) groups excluding carboxylic acids is 1. The van der Waals surface area contributed by atoms with E-state index in [0.29, 0.717) is 6.42 Å². The van der Waals surface area contributed by atoms with Crippen LogP contribution in [0.3, 0.4) is 0 Å². The summed E-state index contributed by atoms with van der Waals surface area (Å²) in [5.74, 6) is 1.08.